The number of ether oxygens (including phenoxy) is 3. The molecule has 2 amide bonds. The molecule has 0 fully saturated rings. The van der Waals surface area contributed by atoms with Gasteiger partial charge in [-0.05, 0) is 24.1 Å². The molecule has 1 N–H and O–H groups in total. The average molecular weight is 394 g/mol. The van der Waals surface area contributed by atoms with E-state index in [4.69, 9.17) is 14.2 Å². The zero-order valence-electron chi connectivity index (χ0n) is 16.5. The number of carbonyl (C=O) groups excluding carboxylic acids is 2. The molecule has 0 spiro atoms. The van der Waals surface area contributed by atoms with Gasteiger partial charge >= 0.3 is 0 Å². The second kappa shape index (κ2) is 7.50. The van der Waals surface area contributed by atoms with Gasteiger partial charge in [0, 0.05) is 23.9 Å². The van der Waals surface area contributed by atoms with Crippen molar-refractivity contribution < 1.29 is 23.8 Å². The van der Waals surface area contributed by atoms with Gasteiger partial charge in [0.2, 0.25) is 6.79 Å². The molecule has 29 heavy (non-hydrogen) atoms. The molecule has 2 aromatic rings. The first-order valence-corrected chi connectivity index (χ1v) is 9.40. The van der Waals surface area contributed by atoms with E-state index in [1.54, 1.807) is 30.3 Å². The Balaban J connectivity index is 1.79. The maximum absolute atomic E-state index is 13.2. The van der Waals surface area contributed by atoms with Crippen LogP contribution in [-0.4, -0.2) is 37.2 Å². The molecule has 2 heterocycles. The Kier molecular flexibility index (Phi) is 4.88. The molecule has 0 bridgehead atoms. The lowest BCUT2D eigenvalue weighted by atomic mass is 10.0. The first-order valence-electron chi connectivity index (χ1n) is 9.40. The summed E-state index contributed by atoms with van der Waals surface area (Å²) in [7, 11) is 1.54. The number of carbonyl (C=O) groups is 2. The molecule has 0 radical (unpaired) electrons. The lowest BCUT2D eigenvalue weighted by Gasteiger charge is -2.17. The summed E-state index contributed by atoms with van der Waals surface area (Å²) >= 11 is 0. The third-order valence-corrected chi connectivity index (χ3v) is 4.73. The van der Waals surface area contributed by atoms with E-state index in [-0.39, 0.29) is 30.2 Å². The number of hydrogen-bond donors (Lipinski definition) is 1. The van der Waals surface area contributed by atoms with Crippen molar-refractivity contribution in [2.75, 3.05) is 25.8 Å². The number of nitrogens with one attached hydrogen (secondary N) is 1. The maximum atomic E-state index is 13.2. The Morgan fingerprint density at radius 2 is 1.83 bits per heavy atom. The fourth-order valence-corrected chi connectivity index (χ4v) is 3.44. The maximum Gasteiger partial charge on any atom is 0.278 e. The van der Waals surface area contributed by atoms with E-state index in [1.807, 2.05) is 26.0 Å². The molecule has 150 valence electrons. The summed E-state index contributed by atoms with van der Waals surface area (Å²) in [6, 6.07) is 12.5. The van der Waals surface area contributed by atoms with E-state index in [9.17, 15) is 9.59 Å². The van der Waals surface area contributed by atoms with Crippen LogP contribution in [0, 0.1) is 5.92 Å². The first kappa shape index (κ1) is 18.9. The number of nitrogens with zero attached hydrogens (tertiary/aromatic N) is 1. The lowest BCUT2D eigenvalue weighted by molar-refractivity contribution is -0.137. The number of hydrogen-bond acceptors (Lipinski definition) is 6. The molecule has 0 saturated carbocycles. The van der Waals surface area contributed by atoms with Crippen LogP contribution < -0.4 is 19.5 Å². The molecule has 0 atom stereocenters. The zero-order chi connectivity index (χ0) is 20.5. The summed E-state index contributed by atoms with van der Waals surface area (Å²) < 4.78 is 16.2. The largest absolute Gasteiger partial charge is 0.496 e. The molecule has 0 aromatic heterocycles. The SMILES string of the molecule is COc1ccccc1C1=C(Nc2ccc3c(c2)OCO3)C(=O)N(CC(C)C)C1=O. The summed E-state index contributed by atoms with van der Waals surface area (Å²) in [6.45, 7) is 4.43. The van der Waals surface area contributed by atoms with Crippen molar-refractivity contribution in [1.29, 1.82) is 0 Å². The smallest absolute Gasteiger partial charge is 0.278 e. The van der Waals surface area contributed by atoms with Crippen molar-refractivity contribution in [1.82, 2.24) is 4.90 Å². The van der Waals surface area contributed by atoms with Gasteiger partial charge in [-0.3, -0.25) is 14.5 Å². The van der Waals surface area contributed by atoms with E-state index in [0.717, 1.165) is 0 Å². The second-order valence-corrected chi connectivity index (χ2v) is 7.26. The summed E-state index contributed by atoms with van der Waals surface area (Å²) in [5, 5.41) is 3.13. The van der Waals surface area contributed by atoms with Gasteiger partial charge in [-0.25, -0.2) is 0 Å². The summed E-state index contributed by atoms with van der Waals surface area (Å²) in [6.07, 6.45) is 0. The summed E-state index contributed by atoms with van der Waals surface area (Å²) in [5.74, 6) is 1.21. The molecule has 4 rings (SSSR count). The quantitative estimate of drug-likeness (QED) is 0.758. The summed E-state index contributed by atoms with van der Waals surface area (Å²) in [4.78, 5) is 27.7. The van der Waals surface area contributed by atoms with Gasteiger partial charge in [0.1, 0.15) is 11.4 Å². The summed E-state index contributed by atoms with van der Waals surface area (Å²) in [5.41, 5.74) is 1.72. The van der Waals surface area contributed by atoms with Crippen LogP contribution in [0.2, 0.25) is 0 Å². The fourth-order valence-electron chi connectivity index (χ4n) is 3.44. The monoisotopic (exact) mass is 394 g/mol. The van der Waals surface area contributed by atoms with Crippen molar-refractivity contribution in [2.45, 2.75) is 13.8 Å². The van der Waals surface area contributed by atoms with E-state index in [0.29, 0.717) is 40.6 Å². The number of benzene rings is 2. The van der Waals surface area contributed by atoms with Crippen molar-refractivity contribution in [2.24, 2.45) is 5.92 Å². The van der Waals surface area contributed by atoms with Gasteiger partial charge in [0.05, 0.1) is 12.7 Å². The van der Waals surface area contributed by atoms with Gasteiger partial charge in [-0.2, -0.15) is 0 Å². The number of amides is 2. The third-order valence-electron chi connectivity index (χ3n) is 4.73. The lowest BCUT2D eigenvalue weighted by Crippen LogP contribution is -2.35. The van der Waals surface area contributed by atoms with Crippen LogP contribution in [0.15, 0.2) is 48.2 Å². The minimum absolute atomic E-state index is 0.145. The molecular formula is C22H22N2O5. The standard InChI is InChI=1S/C22H22N2O5/c1-13(2)11-24-21(25)19(15-6-4-5-7-16(15)27-3)20(22(24)26)23-14-8-9-17-18(10-14)29-12-28-17/h4-10,13,23H,11-12H2,1-3H3. The predicted molar refractivity (Wildman–Crippen MR) is 108 cm³/mol. The Hall–Kier alpha value is -3.48. The van der Waals surface area contributed by atoms with Crippen LogP contribution in [0.3, 0.4) is 0 Å². The molecule has 2 aliphatic heterocycles. The van der Waals surface area contributed by atoms with Crippen LogP contribution in [0.5, 0.6) is 17.2 Å². The van der Waals surface area contributed by atoms with Crippen molar-refractivity contribution in [3.63, 3.8) is 0 Å². The molecule has 0 aliphatic carbocycles. The zero-order valence-corrected chi connectivity index (χ0v) is 16.5. The number of anilines is 1. The van der Waals surface area contributed by atoms with Crippen molar-refractivity contribution in [3.8, 4) is 17.2 Å². The fraction of sp³-hybridized carbons (Fsp3) is 0.273. The molecule has 0 saturated heterocycles. The van der Waals surface area contributed by atoms with Gasteiger partial charge in [-0.1, -0.05) is 32.0 Å². The van der Waals surface area contributed by atoms with Crippen LogP contribution in [0.25, 0.3) is 5.57 Å². The van der Waals surface area contributed by atoms with Crippen LogP contribution in [0.4, 0.5) is 5.69 Å². The van der Waals surface area contributed by atoms with Crippen LogP contribution in [0.1, 0.15) is 19.4 Å². The second-order valence-electron chi connectivity index (χ2n) is 7.26. The topological polar surface area (TPSA) is 77.1 Å². The number of imide groups is 1. The van der Waals surface area contributed by atoms with Gasteiger partial charge in [-0.15, -0.1) is 0 Å². The normalized spacial score (nSPS) is 15.5. The minimum atomic E-state index is -0.359. The van der Waals surface area contributed by atoms with Gasteiger partial charge in [0.15, 0.2) is 11.5 Å². The Bertz CT molecular complexity index is 1010. The van der Waals surface area contributed by atoms with E-state index < -0.39 is 0 Å². The van der Waals surface area contributed by atoms with Gasteiger partial charge < -0.3 is 19.5 Å². The molecule has 7 heteroatoms. The Labute approximate surface area is 168 Å². The highest BCUT2D eigenvalue weighted by Crippen LogP contribution is 2.38. The highest BCUT2D eigenvalue weighted by molar-refractivity contribution is 6.37. The predicted octanol–water partition coefficient (Wildman–Crippen LogP) is 3.27. The Morgan fingerprint density at radius 3 is 2.59 bits per heavy atom. The minimum Gasteiger partial charge on any atom is -0.496 e. The van der Waals surface area contributed by atoms with Gasteiger partial charge in [0.25, 0.3) is 11.8 Å². The van der Waals surface area contributed by atoms with Crippen LogP contribution >= 0.6 is 0 Å². The van der Waals surface area contributed by atoms with E-state index in [1.165, 1.54) is 12.0 Å². The molecule has 7 nitrogen and oxygen atoms in total. The number of methoxy groups -OCH3 is 1. The molecule has 2 aromatic carbocycles. The van der Waals surface area contributed by atoms with E-state index in [2.05, 4.69) is 5.32 Å². The number of rotatable bonds is 6. The third kappa shape index (κ3) is 3.40. The van der Waals surface area contributed by atoms with E-state index >= 15 is 0 Å². The molecule has 0 unspecified atom stereocenters. The number of fused-ring (bicyclic) bond motifs is 1. The highest BCUT2D eigenvalue weighted by Gasteiger charge is 2.40. The highest BCUT2D eigenvalue weighted by atomic mass is 16.7. The Morgan fingerprint density at radius 1 is 1.07 bits per heavy atom. The van der Waals surface area contributed by atoms with Crippen LogP contribution in [-0.2, 0) is 9.59 Å². The van der Waals surface area contributed by atoms with Crippen molar-refractivity contribution in [3.05, 3.63) is 53.7 Å². The van der Waals surface area contributed by atoms with Crippen molar-refractivity contribution >= 4 is 23.1 Å². The molecular weight excluding hydrogens is 372 g/mol. The average Bonchev–Trinajstić information content (AvgIpc) is 3.26. The molecule has 2 aliphatic rings. The number of para-hydroxylation sites is 1. The first-order chi connectivity index (χ1) is 14.0.